The molecule has 2 fully saturated rings. The number of rotatable bonds is 11. The molecule has 2 aliphatic heterocycles. The number of benzene rings is 2. The van der Waals surface area contributed by atoms with Crippen LogP contribution in [0.5, 0.6) is 11.5 Å². The van der Waals surface area contributed by atoms with Crippen LogP contribution < -0.4 is 26.3 Å². The number of nitro benzene ring substituents is 2. The van der Waals surface area contributed by atoms with Gasteiger partial charge in [0.05, 0.1) is 35.2 Å². The highest BCUT2D eigenvalue weighted by molar-refractivity contribution is 9.09. The number of hydrogen-bond acceptors (Lipinski definition) is 10. The SMILES string of the molecule is C1CCNC1.Nc1ccc(OCCCBr)cc1[N+](=O)[O-].Nc1ccc(OCCCN2CCCC2)cc1[N+](=O)[O-]. The van der Waals surface area contributed by atoms with Crippen LogP contribution in [0.1, 0.15) is 38.5 Å². The topological polar surface area (TPSA) is 172 Å². The largest absolute Gasteiger partial charge is 0.493 e. The summed E-state index contributed by atoms with van der Waals surface area (Å²) < 4.78 is 10.8. The van der Waals surface area contributed by atoms with Crippen LogP contribution in [0, 0.1) is 20.2 Å². The van der Waals surface area contributed by atoms with Gasteiger partial charge in [0.15, 0.2) is 0 Å². The number of nitrogens with two attached hydrogens (primary N) is 2. The predicted octanol–water partition coefficient (Wildman–Crippen LogP) is 4.75. The van der Waals surface area contributed by atoms with E-state index < -0.39 is 9.85 Å². The third-order valence-corrected chi connectivity index (χ3v) is 6.55. The summed E-state index contributed by atoms with van der Waals surface area (Å²) in [4.78, 5) is 22.7. The van der Waals surface area contributed by atoms with Gasteiger partial charge in [-0.05, 0) is 89.0 Å². The zero-order chi connectivity index (χ0) is 28.5. The zero-order valence-corrected chi connectivity index (χ0v) is 23.8. The summed E-state index contributed by atoms with van der Waals surface area (Å²) in [5.41, 5.74) is 11.1. The molecule has 0 saturated carbocycles. The van der Waals surface area contributed by atoms with Gasteiger partial charge in [-0.15, -0.1) is 0 Å². The highest BCUT2D eigenvalue weighted by Crippen LogP contribution is 2.27. The van der Waals surface area contributed by atoms with Crippen molar-refractivity contribution in [2.45, 2.75) is 38.5 Å². The van der Waals surface area contributed by atoms with E-state index in [-0.39, 0.29) is 22.7 Å². The normalized spacial score (nSPS) is 14.5. The summed E-state index contributed by atoms with van der Waals surface area (Å²) in [6, 6.07) is 8.99. The van der Waals surface area contributed by atoms with Crippen molar-refractivity contribution in [2.24, 2.45) is 0 Å². The Morgan fingerprint density at radius 3 is 1.72 bits per heavy atom. The van der Waals surface area contributed by atoms with Gasteiger partial charge >= 0.3 is 0 Å². The molecule has 0 amide bonds. The van der Waals surface area contributed by atoms with Crippen LogP contribution in [-0.2, 0) is 0 Å². The van der Waals surface area contributed by atoms with E-state index in [0.29, 0.717) is 24.7 Å². The fourth-order valence-corrected chi connectivity index (χ4v) is 4.13. The van der Waals surface area contributed by atoms with Crippen LogP contribution in [0.2, 0.25) is 0 Å². The fraction of sp³-hybridized carbons (Fsp3) is 0.538. The second-order valence-electron chi connectivity index (χ2n) is 9.05. The van der Waals surface area contributed by atoms with Crippen molar-refractivity contribution in [1.82, 2.24) is 10.2 Å². The van der Waals surface area contributed by atoms with Crippen molar-refractivity contribution in [2.75, 3.05) is 62.7 Å². The summed E-state index contributed by atoms with van der Waals surface area (Å²) in [5, 5.41) is 25.4. The second-order valence-corrected chi connectivity index (χ2v) is 9.85. The molecule has 0 radical (unpaired) electrons. The maximum Gasteiger partial charge on any atom is 0.295 e. The Kier molecular flexibility index (Phi) is 14.9. The molecule has 0 spiro atoms. The minimum absolute atomic E-state index is 0.1000. The maximum absolute atomic E-state index is 10.7. The van der Waals surface area contributed by atoms with Gasteiger partial charge in [-0.3, -0.25) is 20.2 Å². The first kappa shape index (κ1) is 32.1. The maximum atomic E-state index is 10.7. The highest BCUT2D eigenvalue weighted by atomic mass is 79.9. The first-order valence-electron chi connectivity index (χ1n) is 13.1. The van der Waals surface area contributed by atoms with Gasteiger partial charge in [-0.2, -0.15) is 0 Å². The molecule has 39 heavy (non-hydrogen) atoms. The van der Waals surface area contributed by atoms with Gasteiger partial charge in [-0.25, -0.2) is 0 Å². The smallest absolute Gasteiger partial charge is 0.295 e. The van der Waals surface area contributed by atoms with Gasteiger partial charge < -0.3 is 31.2 Å². The first-order chi connectivity index (χ1) is 18.8. The van der Waals surface area contributed by atoms with Gasteiger partial charge in [0.2, 0.25) is 0 Å². The minimum atomic E-state index is -0.521. The molecule has 13 heteroatoms. The standard InChI is InChI=1S/C13H19N3O3.C9H11BrN2O3.C4H9N/c14-12-5-4-11(10-13(12)16(17)18)19-9-3-8-15-6-1-2-7-15;10-4-1-5-15-7-2-3-8(11)9(6-7)12(13)14;1-2-4-5-3-1/h4-5,10H,1-3,6-9,14H2;2-3,6H,1,4-5,11H2;5H,1-4H2. The van der Waals surface area contributed by atoms with Crippen molar-refractivity contribution < 1.29 is 19.3 Å². The second kappa shape index (κ2) is 18.2. The van der Waals surface area contributed by atoms with E-state index in [2.05, 4.69) is 26.1 Å². The Balaban J connectivity index is 0.000000236. The number of halogens is 1. The Morgan fingerprint density at radius 2 is 1.31 bits per heavy atom. The Labute approximate surface area is 237 Å². The molecule has 216 valence electrons. The summed E-state index contributed by atoms with van der Waals surface area (Å²) in [7, 11) is 0. The lowest BCUT2D eigenvalue weighted by Gasteiger charge is -2.14. The number of alkyl halides is 1. The van der Waals surface area contributed by atoms with Crippen LogP contribution in [0.15, 0.2) is 36.4 Å². The molecule has 2 aliphatic rings. The van der Waals surface area contributed by atoms with Gasteiger partial charge in [0, 0.05) is 11.9 Å². The van der Waals surface area contributed by atoms with Crippen LogP contribution in [-0.4, -0.2) is 66.0 Å². The molecule has 2 heterocycles. The third kappa shape index (κ3) is 12.5. The molecule has 2 saturated heterocycles. The van der Waals surface area contributed by atoms with E-state index in [9.17, 15) is 20.2 Å². The summed E-state index contributed by atoms with van der Waals surface area (Å²) >= 11 is 3.26. The molecule has 2 aromatic carbocycles. The lowest BCUT2D eigenvalue weighted by molar-refractivity contribution is -0.384. The monoisotopic (exact) mass is 610 g/mol. The average molecular weight is 612 g/mol. The fourth-order valence-electron chi connectivity index (χ4n) is 3.90. The molecular weight excluding hydrogens is 572 g/mol. The molecule has 0 aromatic heterocycles. The number of nitrogens with zero attached hydrogens (tertiary/aromatic N) is 3. The lowest BCUT2D eigenvalue weighted by Crippen LogP contribution is -2.21. The Bertz CT molecular complexity index is 1030. The van der Waals surface area contributed by atoms with E-state index in [1.807, 2.05) is 0 Å². The number of nitrogens with one attached hydrogen (secondary N) is 1. The lowest BCUT2D eigenvalue weighted by atomic mass is 10.2. The third-order valence-electron chi connectivity index (χ3n) is 5.99. The van der Waals surface area contributed by atoms with E-state index in [1.165, 1.54) is 76.1 Å². The molecule has 12 nitrogen and oxygen atoms in total. The summed E-state index contributed by atoms with van der Waals surface area (Å²) in [6.45, 7) is 6.96. The molecule has 0 aliphatic carbocycles. The molecule has 0 unspecified atom stereocenters. The number of hydrogen-bond donors (Lipinski definition) is 3. The van der Waals surface area contributed by atoms with Crippen molar-refractivity contribution in [1.29, 1.82) is 0 Å². The number of nitro groups is 2. The number of anilines is 2. The number of ether oxygens (including phenoxy) is 2. The summed E-state index contributed by atoms with van der Waals surface area (Å²) in [5.74, 6) is 0.971. The van der Waals surface area contributed by atoms with Gasteiger partial charge in [-0.1, -0.05) is 15.9 Å². The van der Waals surface area contributed by atoms with E-state index in [0.717, 1.165) is 24.7 Å². The van der Waals surface area contributed by atoms with Crippen molar-refractivity contribution in [3.05, 3.63) is 56.6 Å². The Morgan fingerprint density at radius 1 is 0.821 bits per heavy atom. The average Bonchev–Trinajstić information content (AvgIpc) is 3.66. The summed E-state index contributed by atoms with van der Waals surface area (Å²) in [6.07, 6.45) is 7.12. The zero-order valence-electron chi connectivity index (χ0n) is 22.2. The van der Waals surface area contributed by atoms with Crippen molar-refractivity contribution in [3.8, 4) is 11.5 Å². The van der Waals surface area contributed by atoms with Crippen LogP contribution in [0.4, 0.5) is 22.7 Å². The molecule has 5 N–H and O–H groups in total. The number of nitrogen functional groups attached to an aromatic ring is 2. The molecular formula is C26H39BrN6O6. The Hall–Kier alpha value is -3.16. The van der Waals surface area contributed by atoms with E-state index in [4.69, 9.17) is 20.9 Å². The van der Waals surface area contributed by atoms with Gasteiger partial charge in [0.1, 0.15) is 22.9 Å². The van der Waals surface area contributed by atoms with E-state index in [1.54, 1.807) is 12.1 Å². The van der Waals surface area contributed by atoms with Crippen LogP contribution in [0.3, 0.4) is 0 Å². The first-order valence-corrected chi connectivity index (χ1v) is 14.3. The van der Waals surface area contributed by atoms with Crippen molar-refractivity contribution in [3.63, 3.8) is 0 Å². The van der Waals surface area contributed by atoms with Gasteiger partial charge in [0.25, 0.3) is 11.4 Å². The predicted molar refractivity (Wildman–Crippen MR) is 157 cm³/mol. The number of likely N-dealkylation sites (tertiary alicyclic amines) is 1. The molecule has 4 rings (SSSR count). The van der Waals surface area contributed by atoms with E-state index >= 15 is 0 Å². The molecule has 0 atom stereocenters. The molecule has 0 bridgehead atoms. The van der Waals surface area contributed by atoms with Crippen LogP contribution >= 0.6 is 15.9 Å². The molecule has 2 aromatic rings. The van der Waals surface area contributed by atoms with Crippen molar-refractivity contribution >= 4 is 38.7 Å². The highest BCUT2D eigenvalue weighted by Gasteiger charge is 2.14. The quantitative estimate of drug-likeness (QED) is 0.106. The minimum Gasteiger partial charge on any atom is -0.493 e. The van der Waals surface area contributed by atoms with Crippen LogP contribution in [0.25, 0.3) is 0 Å².